The van der Waals surface area contributed by atoms with E-state index in [2.05, 4.69) is 10.0 Å². The van der Waals surface area contributed by atoms with Gasteiger partial charge in [0.2, 0.25) is 15.9 Å². The Morgan fingerprint density at radius 3 is 2.37 bits per heavy atom. The van der Waals surface area contributed by atoms with Crippen molar-refractivity contribution in [1.82, 2.24) is 4.72 Å². The summed E-state index contributed by atoms with van der Waals surface area (Å²) in [5, 5.41) is 2.96. The summed E-state index contributed by atoms with van der Waals surface area (Å²) in [7, 11) is -3.92. The summed E-state index contributed by atoms with van der Waals surface area (Å²) in [5.74, 6) is -0.0491. The molecule has 0 heterocycles. The third-order valence-electron chi connectivity index (χ3n) is 3.97. The summed E-state index contributed by atoms with van der Waals surface area (Å²) >= 11 is 6.06. The third-order valence-corrected chi connectivity index (χ3v) is 5.80. The molecule has 2 aromatic rings. The number of anilines is 1. The van der Waals surface area contributed by atoms with Crippen molar-refractivity contribution in [2.75, 3.05) is 11.9 Å². The molecule has 146 valence electrons. The maximum Gasteiger partial charge on any atom is 0.242 e. The van der Waals surface area contributed by atoms with E-state index >= 15 is 0 Å². The number of aryl methyl sites for hydroxylation is 2. The van der Waals surface area contributed by atoms with Gasteiger partial charge in [0.25, 0.3) is 0 Å². The monoisotopic (exact) mass is 410 g/mol. The van der Waals surface area contributed by atoms with Gasteiger partial charge in [0.1, 0.15) is 5.75 Å². The van der Waals surface area contributed by atoms with E-state index < -0.39 is 22.0 Å². The molecule has 2 rings (SSSR count). The second kappa shape index (κ2) is 8.73. The Labute approximate surface area is 164 Å². The molecule has 0 radical (unpaired) electrons. The number of amides is 1. The molecule has 8 heteroatoms. The van der Waals surface area contributed by atoms with Crippen molar-refractivity contribution in [2.45, 2.75) is 38.6 Å². The predicted molar refractivity (Wildman–Crippen MR) is 107 cm³/mol. The van der Waals surface area contributed by atoms with Crippen LogP contribution in [-0.4, -0.2) is 27.0 Å². The molecule has 0 bridgehead atoms. The lowest BCUT2D eigenvalue weighted by Gasteiger charge is -2.17. The van der Waals surface area contributed by atoms with E-state index in [-0.39, 0.29) is 9.92 Å². The summed E-state index contributed by atoms with van der Waals surface area (Å²) < 4.78 is 32.8. The number of benzene rings is 2. The third kappa shape index (κ3) is 5.22. The fourth-order valence-electron chi connectivity index (χ4n) is 2.52. The molecule has 0 aliphatic heterocycles. The van der Waals surface area contributed by atoms with Crippen LogP contribution in [-0.2, 0) is 14.8 Å². The lowest BCUT2D eigenvalue weighted by Crippen LogP contribution is -2.41. The topological polar surface area (TPSA) is 84.5 Å². The van der Waals surface area contributed by atoms with Crippen molar-refractivity contribution < 1.29 is 17.9 Å². The Morgan fingerprint density at radius 2 is 1.81 bits per heavy atom. The standard InChI is InChI=1S/C19H23ClN2O4S/c1-5-26-17-10-9-15(11-16(17)20)27(24,25)22-14(4)19(23)21-18-12(2)7-6-8-13(18)3/h6-11,14,22H,5H2,1-4H3,(H,21,23)/t14-/m0/s1. The first kappa shape index (κ1) is 21.2. The Kier molecular flexibility index (Phi) is 6.86. The van der Waals surface area contributed by atoms with Crippen LogP contribution in [0.3, 0.4) is 0 Å². The van der Waals surface area contributed by atoms with Gasteiger partial charge in [0.05, 0.1) is 22.6 Å². The van der Waals surface area contributed by atoms with Crippen molar-refractivity contribution in [3.8, 4) is 5.75 Å². The van der Waals surface area contributed by atoms with E-state index in [1.165, 1.54) is 25.1 Å². The molecule has 0 saturated carbocycles. The molecule has 0 unspecified atom stereocenters. The van der Waals surface area contributed by atoms with Gasteiger partial charge in [-0.2, -0.15) is 4.72 Å². The molecule has 6 nitrogen and oxygen atoms in total. The highest BCUT2D eigenvalue weighted by Gasteiger charge is 2.23. The summed E-state index contributed by atoms with van der Waals surface area (Å²) in [6.07, 6.45) is 0. The van der Waals surface area contributed by atoms with Crippen LogP contribution in [0.4, 0.5) is 5.69 Å². The quantitative estimate of drug-likeness (QED) is 0.729. The summed E-state index contributed by atoms with van der Waals surface area (Å²) in [5.41, 5.74) is 2.48. The van der Waals surface area contributed by atoms with Crippen LogP contribution >= 0.6 is 11.6 Å². The van der Waals surface area contributed by atoms with Gasteiger partial charge in [-0.05, 0) is 57.0 Å². The number of carbonyl (C=O) groups excluding carboxylic acids is 1. The van der Waals surface area contributed by atoms with Crippen LogP contribution in [0.2, 0.25) is 5.02 Å². The molecule has 1 amide bonds. The highest BCUT2D eigenvalue weighted by Crippen LogP contribution is 2.27. The maximum absolute atomic E-state index is 12.6. The van der Waals surface area contributed by atoms with Gasteiger partial charge in [0, 0.05) is 5.69 Å². The fraction of sp³-hybridized carbons (Fsp3) is 0.316. The Balaban J connectivity index is 2.14. The van der Waals surface area contributed by atoms with Crippen LogP contribution in [0.25, 0.3) is 0 Å². The highest BCUT2D eigenvalue weighted by atomic mass is 35.5. The van der Waals surface area contributed by atoms with Gasteiger partial charge in [0.15, 0.2) is 0 Å². The minimum atomic E-state index is -3.92. The molecule has 0 fully saturated rings. The van der Waals surface area contributed by atoms with Crippen molar-refractivity contribution in [3.05, 3.63) is 52.5 Å². The average molecular weight is 411 g/mol. The van der Waals surface area contributed by atoms with Crippen LogP contribution in [0.5, 0.6) is 5.75 Å². The summed E-state index contributed by atoms with van der Waals surface area (Å²) in [4.78, 5) is 12.4. The second-order valence-corrected chi connectivity index (χ2v) is 8.25. The Morgan fingerprint density at radius 1 is 1.19 bits per heavy atom. The molecule has 0 aliphatic rings. The van der Waals surface area contributed by atoms with Crippen LogP contribution in [0.1, 0.15) is 25.0 Å². The molecule has 1 atom stereocenters. The van der Waals surface area contributed by atoms with Crippen molar-refractivity contribution in [2.24, 2.45) is 0 Å². The maximum atomic E-state index is 12.6. The predicted octanol–water partition coefficient (Wildman–Crippen LogP) is 3.66. The normalized spacial score (nSPS) is 12.5. The van der Waals surface area contributed by atoms with E-state index in [1.54, 1.807) is 6.92 Å². The number of para-hydroxylation sites is 1. The van der Waals surface area contributed by atoms with E-state index in [9.17, 15) is 13.2 Å². The van der Waals surface area contributed by atoms with Crippen LogP contribution in [0.15, 0.2) is 41.3 Å². The number of halogens is 1. The lowest BCUT2D eigenvalue weighted by atomic mass is 10.1. The number of nitrogens with one attached hydrogen (secondary N) is 2. The molecule has 27 heavy (non-hydrogen) atoms. The van der Waals surface area contributed by atoms with Crippen molar-refractivity contribution in [1.29, 1.82) is 0 Å². The largest absolute Gasteiger partial charge is 0.492 e. The lowest BCUT2D eigenvalue weighted by molar-refractivity contribution is -0.117. The van der Waals surface area contributed by atoms with Crippen LogP contribution in [0, 0.1) is 13.8 Å². The van der Waals surface area contributed by atoms with Crippen LogP contribution < -0.4 is 14.8 Å². The Bertz CT molecular complexity index is 924. The van der Waals surface area contributed by atoms with Gasteiger partial charge in [-0.1, -0.05) is 29.8 Å². The van der Waals surface area contributed by atoms with E-state index in [0.717, 1.165) is 11.1 Å². The number of hydrogen-bond donors (Lipinski definition) is 2. The van der Waals surface area contributed by atoms with E-state index in [4.69, 9.17) is 16.3 Å². The molecule has 2 aromatic carbocycles. The highest BCUT2D eigenvalue weighted by molar-refractivity contribution is 7.89. The molecule has 2 N–H and O–H groups in total. The van der Waals surface area contributed by atoms with Gasteiger partial charge in [-0.3, -0.25) is 4.79 Å². The number of carbonyl (C=O) groups is 1. The molecular weight excluding hydrogens is 388 g/mol. The minimum Gasteiger partial charge on any atom is -0.492 e. The zero-order valence-corrected chi connectivity index (χ0v) is 17.2. The summed E-state index contributed by atoms with van der Waals surface area (Å²) in [6.45, 7) is 7.45. The molecule has 0 saturated heterocycles. The van der Waals surface area contributed by atoms with Crippen molar-refractivity contribution in [3.63, 3.8) is 0 Å². The molecule has 0 aliphatic carbocycles. The number of ether oxygens (including phenoxy) is 1. The first-order valence-electron chi connectivity index (χ1n) is 8.47. The SMILES string of the molecule is CCOc1ccc(S(=O)(=O)N[C@@H](C)C(=O)Nc2c(C)cccc2C)cc1Cl. The Hall–Kier alpha value is -2.09. The van der Waals surface area contributed by atoms with Crippen molar-refractivity contribution >= 4 is 33.2 Å². The smallest absolute Gasteiger partial charge is 0.242 e. The average Bonchev–Trinajstić information content (AvgIpc) is 2.59. The van der Waals surface area contributed by atoms with E-state index in [0.29, 0.717) is 18.0 Å². The molecule has 0 spiro atoms. The number of hydrogen-bond acceptors (Lipinski definition) is 4. The number of rotatable bonds is 7. The minimum absolute atomic E-state index is 0.0392. The number of sulfonamides is 1. The zero-order chi connectivity index (χ0) is 20.2. The van der Waals surface area contributed by atoms with Gasteiger partial charge < -0.3 is 10.1 Å². The molecular formula is C19H23ClN2O4S. The first-order chi connectivity index (χ1) is 12.7. The van der Waals surface area contributed by atoms with Gasteiger partial charge in [-0.25, -0.2) is 8.42 Å². The fourth-order valence-corrected chi connectivity index (χ4v) is 4.05. The van der Waals surface area contributed by atoms with E-state index in [1.807, 2.05) is 32.0 Å². The summed E-state index contributed by atoms with van der Waals surface area (Å²) in [6, 6.07) is 8.84. The molecule has 0 aromatic heterocycles. The second-order valence-electron chi connectivity index (χ2n) is 6.12. The van der Waals surface area contributed by atoms with Gasteiger partial charge >= 0.3 is 0 Å². The van der Waals surface area contributed by atoms with Gasteiger partial charge in [-0.15, -0.1) is 0 Å². The zero-order valence-electron chi connectivity index (χ0n) is 15.7. The first-order valence-corrected chi connectivity index (χ1v) is 10.3.